The normalized spacial score (nSPS) is 20.0. The van der Waals surface area contributed by atoms with Crippen LogP contribution in [-0.2, 0) is 0 Å². The van der Waals surface area contributed by atoms with Crippen molar-refractivity contribution in [1.82, 2.24) is 20.6 Å². The van der Waals surface area contributed by atoms with Crippen molar-refractivity contribution in [2.75, 3.05) is 0 Å². The van der Waals surface area contributed by atoms with Crippen LogP contribution in [0.1, 0.15) is 0 Å². The first-order valence-electron chi connectivity index (χ1n) is 2.31. The van der Waals surface area contributed by atoms with E-state index in [1.165, 1.54) is 0 Å². The van der Waals surface area contributed by atoms with Crippen molar-refractivity contribution in [3.05, 3.63) is 0 Å². The number of hydrogen-bond acceptors (Lipinski definition) is 4. The summed E-state index contributed by atoms with van der Waals surface area (Å²) in [5, 5.41) is 11.2. The summed E-state index contributed by atoms with van der Waals surface area (Å²) in [6.07, 6.45) is 0. The lowest BCUT2D eigenvalue weighted by Crippen LogP contribution is -2.55. The zero-order valence-corrected chi connectivity index (χ0v) is 4.31. The highest BCUT2D eigenvalue weighted by atomic mass is 15.0. The van der Waals surface area contributed by atoms with E-state index in [0.29, 0.717) is 0 Å². The van der Waals surface area contributed by atoms with Crippen LogP contribution in [0, 0.1) is 0 Å². The van der Waals surface area contributed by atoms with Gasteiger partial charge in [0.05, 0.1) is 0 Å². The second kappa shape index (κ2) is 4.03. The van der Waals surface area contributed by atoms with Crippen molar-refractivity contribution >= 4 is 30.2 Å². The van der Waals surface area contributed by atoms with Gasteiger partial charge >= 0.3 is 0 Å². The molecule has 0 spiro atoms. The summed E-state index contributed by atoms with van der Waals surface area (Å²) in [5.41, 5.74) is 0. The van der Waals surface area contributed by atoms with E-state index in [0.717, 1.165) is 0 Å². The van der Waals surface area contributed by atoms with Gasteiger partial charge in [-0.2, -0.15) is 0 Å². The largest absolute Gasteiger partial charge is 0.379 e. The zero-order chi connectivity index (χ0) is 5.66. The Kier molecular flexibility index (Phi) is 3.13. The minimum absolute atomic E-state index is 1.69. The average Bonchev–Trinajstić information content (AvgIpc) is 1.62. The Morgan fingerprint density at radius 2 is 0.750 bits per heavy atom. The molecule has 0 aromatic carbocycles. The lowest BCUT2D eigenvalue weighted by molar-refractivity contribution is 1.28. The summed E-state index contributed by atoms with van der Waals surface area (Å²) in [5.74, 6) is 0. The molecule has 0 amide bonds. The highest BCUT2D eigenvalue weighted by Gasteiger charge is 1.98. The van der Waals surface area contributed by atoms with Gasteiger partial charge in [-0.3, -0.25) is 0 Å². The predicted octanol–water partition coefficient (Wildman–Crippen LogP) is -3.50. The lowest BCUT2D eigenvalue weighted by atomic mass is 9.85. The van der Waals surface area contributed by atoms with Crippen molar-refractivity contribution in [3.63, 3.8) is 0 Å². The second-order valence-corrected chi connectivity index (χ2v) is 1.24. The van der Waals surface area contributed by atoms with E-state index in [1.54, 1.807) is 30.2 Å². The summed E-state index contributed by atoms with van der Waals surface area (Å²) in [6, 6.07) is 0. The molecule has 0 saturated carbocycles. The Morgan fingerprint density at radius 3 is 1.00 bits per heavy atom. The minimum Gasteiger partial charge on any atom is -0.379 e. The van der Waals surface area contributed by atoms with Gasteiger partial charge < -0.3 is 20.6 Å². The van der Waals surface area contributed by atoms with Crippen molar-refractivity contribution < 1.29 is 0 Å². The molecule has 1 aliphatic rings. The third-order valence-corrected chi connectivity index (χ3v) is 0.667. The molecule has 1 saturated heterocycles. The first kappa shape index (κ1) is 6.22. The van der Waals surface area contributed by atoms with Crippen LogP contribution in [0.4, 0.5) is 0 Å². The number of rotatable bonds is 0. The van der Waals surface area contributed by atoms with Gasteiger partial charge in [-0.1, -0.05) is 0 Å². The molecule has 0 aliphatic carbocycles. The van der Waals surface area contributed by atoms with Gasteiger partial charge in [-0.15, -0.1) is 0 Å². The number of nitrogens with one attached hydrogen (secondary N) is 4. The quantitative estimate of drug-likeness (QED) is 0.240. The van der Waals surface area contributed by atoms with Gasteiger partial charge in [0.1, 0.15) is 0 Å². The monoisotopic (exact) mass is 104 g/mol. The third kappa shape index (κ3) is 2.42. The second-order valence-electron chi connectivity index (χ2n) is 1.24. The summed E-state index contributed by atoms with van der Waals surface area (Å²) in [4.78, 5) is 0. The van der Waals surface area contributed by atoms with Crippen LogP contribution in [0.3, 0.4) is 0 Å². The summed E-state index contributed by atoms with van der Waals surface area (Å²) in [7, 11) is 6.75. The molecular formula is H4B4N4. The fourth-order valence-corrected chi connectivity index (χ4v) is 0.359. The maximum absolute atomic E-state index is 2.81. The Labute approximate surface area is 51.7 Å². The Balaban J connectivity index is 2.00. The van der Waals surface area contributed by atoms with Crippen molar-refractivity contribution in [1.29, 1.82) is 0 Å². The lowest BCUT2D eigenvalue weighted by Gasteiger charge is -2.07. The molecule has 8 heavy (non-hydrogen) atoms. The zero-order valence-electron chi connectivity index (χ0n) is 4.31. The Morgan fingerprint density at radius 1 is 0.500 bits per heavy atom. The SMILES string of the molecule is [B]1N[B]N[B]N[B]N1. The molecule has 4 N–H and O–H groups in total. The molecular weight excluding hydrogens is 99.3 g/mol. The van der Waals surface area contributed by atoms with Crippen molar-refractivity contribution in [2.24, 2.45) is 0 Å². The molecule has 0 aromatic rings. The molecule has 1 heterocycles. The average molecular weight is 103 g/mol. The van der Waals surface area contributed by atoms with Crippen LogP contribution < -0.4 is 20.6 Å². The van der Waals surface area contributed by atoms with Crippen LogP contribution in [-0.4, -0.2) is 30.2 Å². The first-order valence-corrected chi connectivity index (χ1v) is 2.31. The molecule has 1 aliphatic heterocycles. The topological polar surface area (TPSA) is 48.1 Å². The fraction of sp³-hybridized carbons (Fsp3) is 0. The summed E-state index contributed by atoms with van der Waals surface area (Å²) in [6.45, 7) is 0. The molecule has 1 fully saturated rings. The number of hydrogen-bond donors (Lipinski definition) is 4. The van der Waals surface area contributed by atoms with Gasteiger partial charge in [-0.25, -0.2) is 0 Å². The van der Waals surface area contributed by atoms with E-state index in [-0.39, 0.29) is 0 Å². The third-order valence-electron chi connectivity index (χ3n) is 0.667. The van der Waals surface area contributed by atoms with Gasteiger partial charge in [0.25, 0.3) is 30.2 Å². The summed E-state index contributed by atoms with van der Waals surface area (Å²) < 4.78 is 0. The van der Waals surface area contributed by atoms with Crippen LogP contribution in [0.2, 0.25) is 0 Å². The smallest absolute Gasteiger partial charge is 0.284 e. The van der Waals surface area contributed by atoms with Gasteiger partial charge in [-0.05, 0) is 0 Å². The highest BCUT2D eigenvalue weighted by Crippen LogP contribution is 1.47. The van der Waals surface area contributed by atoms with E-state index >= 15 is 0 Å². The van der Waals surface area contributed by atoms with Gasteiger partial charge in [0, 0.05) is 0 Å². The molecule has 36 valence electrons. The van der Waals surface area contributed by atoms with E-state index in [2.05, 4.69) is 20.6 Å². The maximum Gasteiger partial charge on any atom is 0.284 e. The molecule has 4 nitrogen and oxygen atoms in total. The molecule has 0 aromatic heterocycles. The fourth-order valence-electron chi connectivity index (χ4n) is 0.359. The molecule has 0 bridgehead atoms. The van der Waals surface area contributed by atoms with Crippen molar-refractivity contribution in [3.8, 4) is 0 Å². The van der Waals surface area contributed by atoms with E-state index in [4.69, 9.17) is 0 Å². The molecule has 0 unspecified atom stereocenters. The first-order chi connectivity index (χ1) is 4.00. The molecule has 8 heteroatoms. The van der Waals surface area contributed by atoms with Gasteiger partial charge in [0.15, 0.2) is 0 Å². The maximum atomic E-state index is 2.81. The van der Waals surface area contributed by atoms with E-state index in [1.807, 2.05) is 0 Å². The molecule has 1 rings (SSSR count). The van der Waals surface area contributed by atoms with E-state index in [9.17, 15) is 0 Å². The standard InChI is InChI=1S/B4H4N4/c1-5-2-7-4-8-3-6-1/h5-8H. The van der Waals surface area contributed by atoms with Crippen LogP contribution in [0.25, 0.3) is 0 Å². The Bertz CT molecular complexity index is 32.0. The van der Waals surface area contributed by atoms with Crippen LogP contribution >= 0.6 is 0 Å². The van der Waals surface area contributed by atoms with Gasteiger partial charge in [0.2, 0.25) is 0 Å². The molecule has 0 atom stereocenters. The van der Waals surface area contributed by atoms with Crippen molar-refractivity contribution in [2.45, 2.75) is 0 Å². The van der Waals surface area contributed by atoms with Crippen LogP contribution in [0.5, 0.6) is 0 Å². The van der Waals surface area contributed by atoms with Crippen LogP contribution in [0.15, 0.2) is 0 Å². The van der Waals surface area contributed by atoms with E-state index < -0.39 is 0 Å². The molecule has 4 radical (unpaired) electrons. The highest BCUT2D eigenvalue weighted by molar-refractivity contribution is 6.65. The Hall–Kier alpha value is 0.0997. The predicted molar refractivity (Wildman–Crippen MR) is 35.6 cm³/mol. The minimum atomic E-state index is 1.69. The summed E-state index contributed by atoms with van der Waals surface area (Å²) >= 11 is 0.